The highest BCUT2D eigenvalue weighted by Crippen LogP contribution is 2.19. The van der Waals surface area contributed by atoms with Gasteiger partial charge in [-0.05, 0) is 36.6 Å². The van der Waals surface area contributed by atoms with Crippen molar-refractivity contribution in [3.8, 4) is 0 Å². The Kier molecular flexibility index (Phi) is 5.76. The number of rotatable bonds is 5. The SMILES string of the molecule is CCC(NC(=O)/C=C/c1ccc(C)cc1Br)C(=O)O. The lowest BCUT2D eigenvalue weighted by molar-refractivity contribution is -0.141. The molecule has 0 fully saturated rings. The van der Waals surface area contributed by atoms with E-state index >= 15 is 0 Å². The molecule has 0 radical (unpaired) electrons. The predicted molar refractivity (Wildman–Crippen MR) is 77.8 cm³/mol. The molecule has 2 N–H and O–H groups in total. The first-order chi connectivity index (χ1) is 8.93. The molecule has 0 spiro atoms. The first-order valence-corrected chi connectivity index (χ1v) is 6.71. The fraction of sp³-hybridized carbons (Fsp3) is 0.286. The minimum Gasteiger partial charge on any atom is -0.480 e. The van der Waals surface area contributed by atoms with Crippen molar-refractivity contribution in [1.82, 2.24) is 5.32 Å². The van der Waals surface area contributed by atoms with Gasteiger partial charge >= 0.3 is 5.97 Å². The van der Waals surface area contributed by atoms with Gasteiger partial charge in [-0.25, -0.2) is 4.79 Å². The number of carbonyl (C=O) groups is 2. The number of halogens is 1. The van der Waals surface area contributed by atoms with Crippen LogP contribution in [0.3, 0.4) is 0 Å². The first kappa shape index (κ1) is 15.4. The fourth-order valence-corrected chi connectivity index (χ4v) is 2.12. The molecule has 1 aromatic rings. The summed E-state index contributed by atoms with van der Waals surface area (Å²) < 4.78 is 0.891. The van der Waals surface area contributed by atoms with Gasteiger partial charge in [-0.2, -0.15) is 0 Å². The Morgan fingerprint density at radius 3 is 2.68 bits per heavy atom. The Hall–Kier alpha value is -1.62. The molecule has 1 amide bonds. The van der Waals surface area contributed by atoms with Crippen LogP contribution in [0.25, 0.3) is 6.08 Å². The molecule has 5 heteroatoms. The van der Waals surface area contributed by atoms with Gasteiger partial charge in [-0.1, -0.05) is 35.0 Å². The zero-order valence-corrected chi connectivity index (χ0v) is 12.4. The van der Waals surface area contributed by atoms with Gasteiger partial charge in [0.15, 0.2) is 0 Å². The highest BCUT2D eigenvalue weighted by atomic mass is 79.9. The molecule has 1 atom stereocenters. The number of benzene rings is 1. The second kappa shape index (κ2) is 7.09. The molecule has 0 saturated carbocycles. The van der Waals surface area contributed by atoms with Crippen LogP contribution >= 0.6 is 15.9 Å². The zero-order chi connectivity index (χ0) is 14.4. The third-order valence-electron chi connectivity index (χ3n) is 2.59. The maximum Gasteiger partial charge on any atom is 0.326 e. The quantitative estimate of drug-likeness (QED) is 0.818. The number of aliphatic carboxylic acids is 1. The Morgan fingerprint density at radius 1 is 1.47 bits per heavy atom. The van der Waals surface area contributed by atoms with E-state index in [1.807, 2.05) is 25.1 Å². The van der Waals surface area contributed by atoms with Crippen molar-refractivity contribution in [1.29, 1.82) is 0 Å². The van der Waals surface area contributed by atoms with Gasteiger partial charge in [0.1, 0.15) is 6.04 Å². The van der Waals surface area contributed by atoms with E-state index in [0.29, 0.717) is 6.42 Å². The average Bonchev–Trinajstić information content (AvgIpc) is 2.34. The molecule has 0 aromatic heterocycles. The van der Waals surface area contributed by atoms with Gasteiger partial charge in [0.2, 0.25) is 5.91 Å². The summed E-state index contributed by atoms with van der Waals surface area (Å²) >= 11 is 3.41. The van der Waals surface area contributed by atoms with Crippen molar-refractivity contribution in [3.05, 3.63) is 39.9 Å². The highest BCUT2D eigenvalue weighted by molar-refractivity contribution is 9.10. The minimum absolute atomic E-state index is 0.350. The third kappa shape index (κ3) is 4.87. The molecule has 0 heterocycles. The van der Waals surface area contributed by atoms with Gasteiger partial charge in [0.25, 0.3) is 0 Å². The van der Waals surface area contributed by atoms with Crippen LogP contribution < -0.4 is 5.32 Å². The molecule has 102 valence electrons. The van der Waals surface area contributed by atoms with Crippen LogP contribution in [0.5, 0.6) is 0 Å². The summed E-state index contributed by atoms with van der Waals surface area (Å²) in [4.78, 5) is 22.4. The number of hydrogen-bond acceptors (Lipinski definition) is 2. The van der Waals surface area contributed by atoms with Crippen LogP contribution in [0.4, 0.5) is 0 Å². The third-order valence-corrected chi connectivity index (χ3v) is 3.28. The molecule has 1 rings (SSSR count). The molecular formula is C14H16BrNO3. The molecule has 19 heavy (non-hydrogen) atoms. The Bertz CT molecular complexity index is 511. The van der Waals surface area contributed by atoms with Crippen LogP contribution in [0.1, 0.15) is 24.5 Å². The van der Waals surface area contributed by atoms with Gasteiger partial charge in [0.05, 0.1) is 0 Å². The first-order valence-electron chi connectivity index (χ1n) is 5.91. The van der Waals surface area contributed by atoms with Gasteiger partial charge < -0.3 is 10.4 Å². The van der Waals surface area contributed by atoms with Crippen molar-refractivity contribution >= 4 is 33.9 Å². The summed E-state index contributed by atoms with van der Waals surface area (Å²) in [5.41, 5.74) is 1.98. The number of aryl methyl sites for hydroxylation is 1. The maximum absolute atomic E-state index is 11.6. The zero-order valence-electron chi connectivity index (χ0n) is 10.8. The molecule has 0 bridgehead atoms. The Morgan fingerprint density at radius 2 is 2.16 bits per heavy atom. The summed E-state index contributed by atoms with van der Waals surface area (Å²) in [5.74, 6) is -1.44. The van der Waals surface area contributed by atoms with E-state index < -0.39 is 17.9 Å². The smallest absolute Gasteiger partial charge is 0.326 e. The summed E-state index contributed by atoms with van der Waals surface area (Å²) in [6.07, 6.45) is 3.33. The van der Waals surface area contributed by atoms with Crippen molar-refractivity contribution in [2.24, 2.45) is 0 Å². The minimum atomic E-state index is -1.03. The van der Waals surface area contributed by atoms with E-state index in [-0.39, 0.29) is 0 Å². The lowest BCUT2D eigenvalue weighted by Crippen LogP contribution is -2.39. The maximum atomic E-state index is 11.6. The lowest BCUT2D eigenvalue weighted by Gasteiger charge is -2.09. The molecular weight excluding hydrogens is 310 g/mol. The van der Waals surface area contributed by atoms with E-state index in [2.05, 4.69) is 21.2 Å². The summed E-state index contributed by atoms with van der Waals surface area (Å²) in [6.45, 7) is 3.68. The second-order valence-electron chi connectivity index (χ2n) is 4.17. The van der Waals surface area contributed by atoms with Gasteiger partial charge in [-0.3, -0.25) is 4.79 Å². The average molecular weight is 326 g/mol. The normalized spacial score (nSPS) is 12.4. The van der Waals surface area contributed by atoms with Crippen molar-refractivity contribution in [2.75, 3.05) is 0 Å². The number of nitrogens with one attached hydrogen (secondary N) is 1. The molecule has 1 unspecified atom stereocenters. The van der Waals surface area contributed by atoms with Crippen LogP contribution in [-0.4, -0.2) is 23.0 Å². The number of hydrogen-bond donors (Lipinski definition) is 2. The number of carbonyl (C=O) groups excluding carboxylic acids is 1. The van der Waals surface area contributed by atoms with Crippen LogP contribution in [0.2, 0.25) is 0 Å². The summed E-state index contributed by atoms with van der Waals surface area (Å²) in [7, 11) is 0. The van der Waals surface area contributed by atoms with Crippen LogP contribution in [-0.2, 0) is 9.59 Å². The molecule has 0 aliphatic carbocycles. The van der Waals surface area contributed by atoms with Gasteiger partial charge in [-0.15, -0.1) is 0 Å². The molecule has 1 aromatic carbocycles. The molecule has 0 saturated heterocycles. The van der Waals surface area contributed by atoms with E-state index in [0.717, 1.165) is 15.6 Å². The topological polar surface area (TPSA) is 66.4 Å². The lowest BCUT2D eigenvalue weighted by atomic mass is 10.1. The van der Waals surface area contributed by atoms with Crippen molar-refractivity contribution in [2.45, 2.75) is 26.3 Å². The largest absolute Gasteiger partial charge is 0.480 e. The monoisotopic (exact) mass is 325 g/mol. The van der Waals surface area contributed by atoms with Crippen LogP contribution in [0, 0.1) is 6.92 Å². The number of amides is 1. The Labute approximate surface area is 120 Å². The van der Waals surface area contributed by atoms with E-state index in [1.54, 1.807) is 13.0 Å². The predicted octanol–water partition coefficient (Wildman–Crippen LogP) is 2.75. The fourth-order valence-electron chi connectivity index (χ4n) is 1.49. The molecule has 0 aliphatic rings. The number of carboxylic acid groups (broad SMARTS) is 1. The van der Waals surface area contributed by atoms with Crippen molar-refractivity contribution in [3.63, 3.8) is 0 Å². The number of carboxylic acids is 1. The van der Waals surface area contributed by atoms with E-state index in [4.69, 9.17) is 5.11 Å². The van der Waals surface area contributed by atoms with E-state index in [9.17, 15) is 9.59 Å². The highest BCUT2D eigenvalue weighted by Gasteiger charge is 2.15. The molecule has 0 aliphatic heterocycles. The summed E-state index contributed by atoms with van der Waals surface area (Å²) in [6, 6.07) is 4.93. The van der Waals surface area contributed by atoms with Crippen LogP contribution in [0.15, 0.2) is 28.7 Å². The Balaban J connectivity index is 2.70. The summed E-state index contributed by atoms with van der Waals surface area (Å²) in [5, 5.41) is 11.3. The second-order valence-corrected chi connectivity index (χ2v) is 5.02. The standard InChI is InChI=1S/C14H16BrNO3/c1-3-12(14(18)19)16-13(17)7-6-10-5-4-9(2)8-11(10)15/h4-8,12H,3H2,1-2H3,(H,16,17)(H,18,19)/b7-6+. The van der Waals surface area contributed by atoms with Gasteiger partial charge in [0, 0.05) is 10.5 Å². The van der Waals surface area contributed by atoms with E-state index in [1.165, 1.54) is 6.08 Å². The molecule has 4 nitrogen and oxygen atoms in total. The van der Waals surface area contributed by atoms with Crippen molar-refractivity contribution < 1.29 is 14.7 Å².